The molecule has 2 heterocycles. The summed E-state index contributed by atoms with van der Waals surface area (Å²) >= 11 is 1.45. The molecule has 2 N–H and O–H groups in total. The number of nitrogens with two attached hydrogens (primary N) is 1. The first kappa shape index (κ1) is 17.4. The Kier molecular flexibility index (Phi) is 4.47. The lowest BCUT2D eigenvalue weighted by atomic mass is 9.99. The molecule has 0 spiro atoms. The zero-order chi connectivity index (χ0) is 18.3. The summed E-state index contributed by atoms with van der Waals surface area (Å²) in [5.74, 6) is 0.0408. The predicted octanol–water partition coefficient (Wildman–Crippen LogP) is 3.35. The number of aromatic nitrogens is 2. The van der Waals surface area contributed by atoms with Gasteiger partial charge in [0.15, 0.2) is 0 Å². The van der Waals surface area contributed by atoms with Gasteiger partial charge in [-0.3, -0.25) is 14.2 Å². The fourth-order valence-electron chi connectivity index (χ4n) is 3.14. The molecule has 0 aliphatic rings. The van der Waals surface area contributed by atoms with Gasteiger partial charge in [0.1, 0.15) is 16.7 Å². The van der Waals surface area contributed by atoms with E-state index in [0.29, 0.717) is 22.5 Å². The molecule has 130 valence electrons. The van der Waals surface area contributed by atoms with Gasteiger partial charge >= 0.3 is 0 Å². The molecule has 1 amide bonds. The Bertz CT molecular complexity index is 1030. The van der Waals surface area contributed by atoms with Crippen molar-refractivity contribution in [2.75, 3.05) is 0 Å². The summed E-state index contributed by atoms with van der Waals surface area (Å²) in [6.07, 6.45) is 0.555. The van der Waals surface area contributed by atoms with Gasteiger partial charge in [0.25, 0.3) is 5.56 Å². The van der Waals surface area contributed by atoms with E-state index in [1.54, 1.807) is 6.92 Å². The third kappa shape index (κ3) is 2.87. The van der Waals surface area contributed by atoms with E-state index in [9.17, 15) is 9.59 Å². The summed E-state index contributed by atoms with van der Waals surface area (Å²) in [5.41, 5.74) is 9.40. The Morgan fingerprint density at radius 2 is 2.04 bits per heavy atom. The molecular weight excluding hydrogens is 334 g/mol. The Labute approximate surface area is 150 Å². The molecule has 3 aromatic rings. The number of carbonyl (C=O) groups is 1. The number of aryl methyl sites for hydroxylation is 3. The van der Waals surface area contributed by atoms with E-state index in [-0.39, 0.29) is 5.56 Å². The van der Waals surface area contributed by atoms with Gasteiger partial charge < -0.3 is 5.73 Å². The third-order valence-electron chi connectivity index (χ3n) is 4.50. The van der Waals surface area contributed by atoms with Crippen LogP contribution in [0.25, 0.3) is 21.3 Å². The van der Waals surface area contributed by atoms with Crippen LogP contribution in [0.5, 0.6) is 0 Å². The molecule has 0 saturated carbocycles. The molecule has 1 unspecified atom stereocenters. The van der Waals surface area contributed by atoms with Gasteiger partial charge in [-0.15, -0.1) is 11.3 Å². The number of fused-ring (bicyclic) bond motifs is 1. The molecule has 0 aliphatic heterocycles. The van der Waals surface area contributed by atoms with Crippen LogP contribution in [0.2, 0.25) is 0 Å². The molecule has 5 nitrogen and oxygen atoms in total. The minimum Gasteiger partial charge on any atom is -0.368 e. The van der Waals surface area contributed by atoms with Crippen molar-refractivity contribution in [2.24, 2.45) is 5.73 Å². The van der Waals surface area contributed by atoms with Crippen LogP contribution in [-0.4, -0.2) is 15.5 Å². The molecule has 6 heteroatoms. The smallest absolute Gasteiger partial charge is 0.263 e. The van der Waals surface area contributed by atoms with Crippen LogP contribution in [0, 0.1) is 13.8 Å². The third-order valence-corrected chi connectivity index (χ3v) is 5.37. The topological polar surface area (TPSA) is 78.0 Å². The van der Waals surface area contributed by atoms with E-state index in [0.717, 1.165) is 16.7 Å². The average molecular weight is 355 g/mol. The first-order chi connectivity index (χ1) is 11.8. The molecular formula is C19H21N3O2S. The van der Waals surface area contributed by atoms with E-state index in [4.69, 9.17) is 5.73 Å². The van der Waals surface area contributed by atoms with Crippen LogP contribution in [0.3, 0.4) is 0 Å². The lowest BCUT2D eigenvalue weighted by molar-refractivity contribution is -0.120. The van der Waals surface area contributed by atoms with Crippen LogP contribution in [0.15, 0.2) is 28.4 Å². The molecule has 0 fully saturated rings. The largest absolute Gasteiger partial charge is 0.368 e. The predicted molar refractivity (Wildman–Crippen MR) is 102 cm³/mol. The van der Waals surface area contributed by atoms with Gasteiger partial charge in [0.2, 0.25) is 5.91 Å². The number of thiophene rings is 1. The van der Waals surface area contributed by atoms with Crippen LogP contribution in [0.1, 0.15) is 36.8 Å². The van der Waals surface area contributed by atoms with Crippen LogP contribution >= 0.6 is 11.3 Å². The molecule has 0 saturated heterocycles. The Morgan fingerprint density at radius 1 is 1.32 bits per heavy atom. The van der Waals surface area contributed by atoms with Gasteiger partial charge in [0.05, 0.1) is 5.39 Å². The van der Waals surface area contributed by atoms with Gasteiger partial charge in [0, 0.05) is 17.4 Å². The fourth-order valence-corrected chi connectivity index (χ4v) is 4.08. The number of amides is 1. The molecule has 0 bridgehead atoms. The lowest BCUT2D eigenvalue weighted by Crippen LogP contribution is -2.34. The fraction of sp³-hybridized carbons (Fsp3) is 0.316. The molecule has 2 aromatic heterocycles. The van der Waals surface area contributed by atoms with Crippen LogP contribution < -0.4 is 11.3 Å². The normalized spacial score (nSPS) is 12.5. The highest BCUT2D eigenvalue weighted by Crippen LogP contribution is 2.33. The summed E-state index contributed by atoms with van der Waals surface area (Å²) in [7, 11) is 0. The number of nitrogens with zero attached hydrogens (tertiary/aromatic N) is 2. The highest BCUT2D eigenvalue weighted by molar-refractivity contribution is 7.17. The maximum atomic E-state index is 13.2. The highest BCUT2D eigenvalue weighted by atomic mass is 32.1. The average Bonchev–Trinajstić information content (AvgIpc) is 2.98. The summed E-state index contributed by atoms with van der Waals surface area (Å²) < 4.78 is 1.43. The van der Waals surface area contributed by atoms with E-state index < -0.39 is 11.9 Å². The van der Waals surface area contributed by atoms with Gasteiger partial charge in [-0.05, 0) is 31.9 Å². The second kappa shape index (κ2) is 6.44. The van der Waals surface area contributed by atoms with Crippen LogP contribution in [0.4, 0.5) is 0 Å². The highest BCUT2D eigenvalue weighted by Gasteiger charge is 2.22. The first-order valence-electron chi connectivity index (χ1n) is 8.24. The minimum absolute atomic E-state index is 0.204. The minimum atomic E-state index is -0.730. The summed E-state index contributed by atoms with van der Waals surface area (Å²) in [4.78, 5) is 30.2. The zero-order valence-electron chi connectivity index (χ0n) is 14.8. The number of benzene rings is 1. The van der Waals surface area contributed by atoms with Crippen molar-refractivity contribution < 1.29 is 4.79 Å². The summed E-state index contributed by atoms with van der Waals surface area (Å²) in [6, 6.07) is 5.43. The number of hydrogen-bond donors (Lipinski definition) is 1. The monoisotopic (exact) mass is 355 g/mol. The van der Waals surface area contributed by atoms with Crippen molar-refractivity contribution in [3.8, 4) is 11.1 Å². The first-order valence-corrected chi connectivity index (χ1v) is 9.12. The molecule has 3 rings (SSSR count). The second-order valence-electron chi connectivity index (χ2n) is 6.28. The second-order valence-corrected chi connectivity index (χ2v) is 7.14. The maximum absolute atomic E-state index is 13.2. The molecule has 0 radical (unpaired) electrons. The van der Waals surface area contributed by atoms with Crippen molar-refractivity contribution in [1.29, 1.82) is 0 Å². The molecule has 1 aromatic carbocycles. The maximum Gasteiger partial charge on any atom is 0.263 e. The van der Waals surface area contributed by atoms with Crippen molar-refractivity contribution in [1.82, 2.24) is 9.55 Å². The van der Waals surface area contributed by atoms with Gasteiger partial charge in [-0.1, -0.05) is 30.7 Å². The quantitative estimate of drug-likeness (QED) is 0.779. The Morgan fingerprint density at radius 3 is 2.64 bits per heavy atom. The summed E-state index contributed by atoms with van der Waals surface area (Å²) in [6.45, 7) is 7.62. The molecule has 1 atom stereocenters. The van der Waals surface area contributed by atoms with Crippen molar-refractivity contribution >= 4 is 27.5 Å². The van der Waals surface area contributed by atoms with E-state index in [2.05, 4.69) is 11.1 Å². The number of carbonyl (C=O) groups excluding carboxylic acids is 1. The Hall–Kier alpha value is -2.47. The van der Waals surface area contributed by atoms with Crippen molar-refractivity contribution in [3.63, 3.8) is 0 Å². The van der Waals surface area contributed by atoms with E-state index in [1.165, 1.54) is 21.5 Å². The standard InChI is InChI=1S/C19H21N3O2S/c1-5-15-21-18-16(19(24)22(15)12(4)17(20)23)14(9-25-18)13-7-6-10(2)8-11(13)3/h6-9,12H,5H2,1-4H3,(H2,20,23). The van der Waals surface area contributed by atoms with Crippen LogP contribution in [-0.2, 0) is 11.2 Å². The van der Waals surface area contributed by atoms with Gasteiger partial charge in [-0.25, -0.2) is 4.98 Å². The zero-order valence-corrected chi connectivity index (χ0v) is 15.6. The molecule has 25 heavy (non-hydrogen) atoms. The molecule has 0 aliphatic carbocycles. The number of hydrogen-bond acceptors (Lipinski definition) is 4. The van der Waals surface area contributed by atoms with E-state index >= 15 is 0 Å². The van der Waals surface area contributed by atoms with Gasteiger partial charge in [-0.2, -0.15) is 0 Å². The lowest BCUT2D eigenvalue weighted by Gasteiger charge is -2.16. The van der Waals surface area contributed by atoms with E-state index in [1.807, 2.05) is 38.3 Å². The van der Waals surface area contributed by atoms with Crippen molar-refractivity contribution in [2.45, 2.75) is 40.2 Å². The Balaban J connectivity index is 2.36. The number of rotatable bonds is 4. The van der Waals surface area contributed by atoms with Crippen molar-refractivity contribution in [3.05, 3.63) is 50.9 Å². The number of primary amides is 1. The SMILES string of the molecule is CCc1nc2scc(-c3ccc(C)cc3C)c2c(=O)n1C(C)C(N)=O. The summed E-state index contributed by atoms with van der Waals surface area (Å²) in [5, 5.41) is 2.53.